The Morgan fingerprint density at radius 3 is 2.58 bits per heavy atom. The molecule has 2 heterocycles. The largest absolute Gasteiger partial charge is 0.353 e. The van der Waals surface area contributed by atoms with Crippen LogP contribution in [0, 0.1) is 11.3 Å². The first-order valence-electron chi connectivity index (χ1n) is 8.70. The molecule has 2 atom stereocenters. The molecule has 0 fully saturated rings. The summed E-state index contributed by atoms with van der Waals surface area (Å²) in [5.41, 5.74) is 3.60. The molecule has 24 heavy (non-hydrogen) atoms. The van der Waals surface area contributed by atoms with Gasteiger partial charge in [0.25, 0.3) is 5.91 Å². The molecular formula is C20H24N2OS. The standard InChI is InChI=1S/C20H24N2OS/c1-20(2,3)13-9-10-14-15(11-13)24-19-16(14)18(23)21-17(22-19)12-7-5-4-6-8-12/h4-8,13,17,22H,9-11H2,1-3H3,(H,21,23). The molecule has 4 heteroatoms. The molecular weight excluding hydrogens is 316 g/mol. The Labute approximate surface area is 147 Å². The Bertz CT molecular complexity index is 773. The lowest BCUT2D eigenvalue weighted by Gasteiger charge is -2.34. The summed E-state index contributed by atoms with van der Waals surface area (Å²) >= 11 is 1.79. The van der Waals surface area contributed by atoms with Crippen molar-refractivity contribution in [3.8, 4) is 0 Å². The first-order chi connectivity index (χ1) is 11.4. The van der Waals surface area contributed by atoms with Gasteiger partial charge in [-0.25, -0.2) is 0 Å². The van der Waals surface area contributed by atoms with Gasteiger partial charge in [-0.1, -0.05) is 51.1 Å². The van der Waals surface area contributed by atoms with Gasteiger partial charge < -0.3 is 10.6 Å². The average Bonchev–Trinajstić information content (AvgIpc) is 2.92. The zero-order valence-electron chi connectivity index (χ0n) is 14.5. The Morgan fingerprint density at radius 2 is 1.88 bits per heavy atom. The van der Waals surface area contributed by atoms with Gasteiger partial charge in [-0.15, -0.1) is 11.3 Å². The number of benzene rings is 1. The number of anilines is 1. The van der Waals surface area contributed by atoms with Crippen molar-refractivity contribution >= 4 is 22.2 Å². The fraction of sp³-hybridized carbons (Fsp3) is 0.450. The van der Waals surface area contributed by atoms with Crippen LogP contribution in [0.15, 0.2) is 30.3 Å². The maximum Gasteiger partial charge on any atom is 0.256 e. The van der Waals surface area contributed by atoms with Gasteiger partial charge in [0, 0.05) is 4.88 Å². The number of hydrogen-bond acceptors (Lipinski definition) is 3. The Hall–Kier alpha value is -1.81. The second kappa shape index (κ2) is 5.62. The number of amides is 1. The first kappa shape index (κ1) is 15.7. The lowest BCUT2D eigenvalue weighted by Crippen LogP contribution is -2.38. The van der Waals surface area contributed by atoms with E-state index >= 15 is 0 Å². The summed E-state index contributed by atoms with van der Waals surface area (Å²) < 4.78 is 0. The normalized spacial score (nSPS) is 23.0. The molecule has 0 radical (unpaired) electrons. The predicted molar refractivity (Wildman–Crippen MR) is 99.6 cm³/mol. The Kier molecular flexibility index (Phi) is 3.68. The zero-order chi connectivity index (χ0) is 16.9. The van der Waals surface area contributed by atoms with Crippen LogP contribution >= 0.6 is 11.3 Å². The molecule has 0 spiro atoms. The van der Waals surface area contributed by atoms with Crippen molar-refractivity contribution in [1.82, 2.24) is 5.32 Å². The Morgan fingerprint density at radius 1 is 1.12 bits per heavy atom. The van der Waals surface area contributed by atoms with E-state index in [0.29, 0.717) is 11.3 Å². The van der Waals surface area contributed by atoms with Gasteiger partial charge in [0.2, 0.25) is 0 Å². The van der Waals surface area contributed by atoms with Crippen LogP contribution < -0.4 is 10.6 Å². The van der Waals surface area contributed by atoms with Crippen LogP contribution in [0.25, 0.3) is 0 Å². The highest BCUT2D eigenvalue weighted by atomic mass is 32.1. The molecule has 0 saturated carbocycles. The smallest absolute Gasteiger partial charge is 0.256 e. The lowest BCUT2D eigenvalue weighted by atomic mass is 9.72. The summed E-state index contributed by atoms with van der Waals surface area (Å²) in [4.78, 5) is 14.1. The number of hydrogen-bond donors (Lipinski definition) is 2. The summed E-state index contributed by atoms with van der Waals surface area (Å²) in [6.45, 7) is 6.98. The molecule has 1 amide bonds. The third kappa shape index (κ3) is 2.63. The van der Waals surface area contributed by atoms with Gasteiger partial charge >= 0.3 is 0 Å². The van der Waals surface area contributed by atoms with E-state index in [1.807, 2.05) is 30.3 Å². The van der Waals surface area contributed by atoms with E-state index < -0.39 is 0 Å². The van der Waals surface area contributed by atoms with Crippen LogP contribution in [-0.2, 0) is 12.8 Å². The number of rotatable bonds is 1. The fourth-order valence-corrected chi connectivity index (χ4v) is 5.20. The summed E-state index contributed by atoms with van der Waals surface area (Å²) in [6.07, 6.45) is 3.16. The quantitative estimate of drug-likeness (QED) is 0.786. The van der Waals surface area contributed by atoms with Gasteiger partial charge in [-0.3, -0.25) is 4.79 Å². The molecule has 0 bridgehead atoms. The summed E-state index contributed by atoms with van der Waals surface area (Å²) in [5.74, 6) is 0.766. The number of nitrogens with one attached hydrogen (secondary N) is 2. The summed E-state index contributed by atoms with van der Waals surface area (Å²) in [5, 5.41) is 7.71. The number of thiophene rings is 1. The van der Waals surface area contributed by atoms with Crippen LogP contribution in [0.3, 0.4) is 0 Å². The monoisotopic (exact) mass is 340 g/mol. The predicted octanol–water partition coefficient (Wildman–Crippen LogP) is 4.75. The first-order valence-corrected chi connectivity index (χ1v) is 9.52. The number of carbonyl (C=O) groups is 1. The van der Waals surface area contributed by atoms with Gasteiger partial charge in [0.1, 0.15) is 11.2 Å². The van der Waals surface area contributed by atoms with Crippen molar-refractivity contribution in [2.75, 3.05) is 5.32 Å². The molecule has 126 valence electrons. The number of carbonyl (C=O) groups excluding carboxylic acids is 1. The molecule has 2 aliphatic rings. The summed E-state index contributed by atoms with van der Waals surface area (Å²) in [7, 11) is 0. The van der Waals surface area contributed by atoms with Gasteiger partial charge in [-0.05, 0) is 41.7 Å². The number of fused-ring (bicyclic) bond motifs is 3. The van der Waals surface area contributed by atoms with Gasteiger partial charge in [-0.2, -0.15) is 0 Å². The van der Waals surface area contributed by atoms with Crippen LogP contribution in [0.1, 0.15) is 59.7 Å². The third-order valence-electron chi connectivity index (χ3n) is 5.40. The van der Waals surface area contributed by atoms with Crippen LogP contribution in [0.5, 0.6) is 0 Å². The van der Waals surface area contributed by atoms with E-state index in [0.717, 1.165) is 29.0 Å². The Balaban J connectivity index is 1.66. The molecule has 2 aromatic rings. The zero-order valence-corrected chi connectivity index (χ0v) is 15.3. The summed E-state index contributed by atoms with van der Waals surface area (Å²) in [6, 6.07) is 10.1. The van der Waals surface area contributed by atoms with Crippen molar-refractivity contribution in [3.63, 3.8) is 0 Å². The lowest BCUT2D eigenvalue weighted by molar-refractivity contribution is 0.0935. The van der Waals surface area contributed by atoms with Crippen molar-refractivity contribution in [1.29, 1.82) is 0 Å². The van der Waals surface area contributed by atoms with Crippen molar-refractivity contribution in [2.45, 2.75) is 46.2 Å². The molecule has 4 rings (SSSR count). The molecule has 1 aliphatic heterocycles. The van der Waals surface area contributed by atoms with E-state index in [2.05, 4.69) is 31.4 Å². The minimum Gasteiger partial charge on any atom is -0.353 e. The van der Waals surface area contributed by atoms with Crippen molar-refractivity contribution in [2.24, 2.45) is 11.3 Å². The molecule has 2 unspecified atom stereocenters. The van der Waals surface area contributed by atoms with Crippen LogP contribution in [-0.4, -0.2) is 5.91 Å². The van der Waals surface area contributed by atoms with E-state index in [-0.39, 0.29) is 12.1 Å². The molecule has 1 aromatic carbocycles. The van der Waals surface area contributed by atoms with Crippen molar-refractivity contribution in [3.05, 3.63) is 51.9 Å². The molecule has 1 aliphatic carbocycles. The topological polar surface area (TPSA) is 41.1 Å². The maximum atomic E-state index is 12.7. The SMILES string of the molecule is CC(C)(C)C1CCc2c(sc3c2C(=O)NC(c2ccccc2)N3)C1. The van der Waals surface area contributed by atoms with E-state index in [9.17, 15) is 4.79 Å². The molecule has 1 aromatic heterocycles. The average molecular weight is 340 g/mol. The van der Waals surface area contributed by atoms with E-state index in [1.165, 1.54) is 16.9 Å². The molecule has 0 saturated heterocycles. The second-order valence-corrected chi connectivity index (χ2v) is 9.08. The third-order valence-corrected chi connectivity index (χ3v) is 6.59. The van der Waals surface area contributed by atoms with Gasteiger partial charge in [0.05, 0.1) is 5.56 Å². The highest BCUT2D eigenvalue weighted by molar-refractivity contribution is 7.16. The van der Waals surface area contributed by atoms with Crippen molar-refractivity contribution < 1.29 is 4.79 Å². The van der Waals surface area contributed by atoms with E-state index in [1.54, 1.807) is 11.3 Å². The van der Waals surface area contributed by atoms with E-state index in [4.69, 9.17) is 0 Å². The second-order valence-electron chi connectivity index (χ2n) is 7.98. The fourth-order valence-electron chi connectivity index (χ4n) is 3.85. The van der Waals surface area contributed by atoms with Crippen LogP contribution in [0.4, 0.5) is 5.00 Å². The van der Waals surface area contributed by atoms with Crippen LogP contribution in [0.2, 0.25) is 0 Å². The molecule has 3 nitrogen and oxygen atoms in total. The minimum atomic E-state index is -0.135. The highest BCUT2D eigenvalue weighted by Gasteiger charge is 2.36. The minimum absolute atomic E-state index is 0.0734. The maximum absolute atomic E-state index is 12.7. The molecule has 2 N–H and O–H groups in total. The highest BCUT2D eigenvalue weighted by Crippen LogP contribution is 2.45. The van der Waals surface area contributed by atoms with Gasteiger partial charge in [0.15, 0.2) is 0 Å².